The zero-order chi connectivity index (χ0) is 34.7. The summed E-state index contributed by atoms with van der Waals surface area (Å²) >= 11 is 0. The molecule has 0 radical (unpaired) electrons. The van der Waals surface area contributed by atoms with Gasteiger partial charge in [-0.1, -0.05) is 85.2 Å². The van der Waals surface area contributed by atoms with Gasteiger partial charge in [-0.15, -0.1) is 0 Å². The van der Waals surface area contributed by atoms with Crippen molar-refractivity contribution < 1.29 is 37.7 Å². The molecule has 1 unspecified atom stereocenters. The fourth-order valence-corrected chi connectivity index (χ4v) is 11.2. The molecule has 8 heteroatoms. The van der Waals surface area contributed by atoms with Crippen LogP contribution in [0.1, 0.15) is 112 Å². The molecule has 0 aromatic heterocycles. The summed E-state index contributed by atoms with van der Waals surface area (Å²) in [5.74, 6) is 0.673. The number of esters is 1. The van der Waals surface area contributed by atoms with Crippen LogP contribution in [0, 0.1) is 57.7 Å². The second-order valence-corrected chi connectivity index (χ2v) is 17.5. The summed E-state index contributed by atoms with van der Waals surface area (Å²) in [5.41, 5.74) is -3.71. The molecule has 4 fully saturated rings. The summed E-state index contributed by atoms with van der Waals surface area (Å²) < 4.78 is 55.8. The van der Waals surface area contributed by atoms with Crippen LogP contribution in [0.2, 0.25) is 0 Å². The maximum atomic E-state index is 14.9. The maximum Gasteiger partial charge on any atom is 0.432 e. The Kier molecular flexibility index (Phi) is 10.1. The van der Waals surface area contributed by atoms with E-state index in [1.165, 1.54) is 37.1 Å². The minimum Gasteiger partial charge on any atom is -0.459 e. The van der Waals surface area contributed by atoms with Gasteiger partial charge in [0, 0.05) is 18.6 Å². The summed E-state index contributed by atoms with van der Waals surface area (Å²) in [6, 6.07) is 6.98. The number of halogens is 3. The third-order valence-corrected chi connectivity index (χ3v) is 14.4. The molecule has 0 heterocycles. The van der Waals surface area contributed by atoms with Gasteiger partial charge in [0.15, 0.2) is 0 Å². The van der Waals surface area contributed by atoms with Crippen LogP contribution in [0.25, 0.3) is 0 Å². The largest absolute Gasteiger partial charge is 0.459 e. The monoisotopic (exact) mass is 664 g/mol. The first-order valence-electron chi connectivity index (χ1n) is 18.1. The number of benzene rings is 1. The molecule has 0 bridgehead atoms. The molecule has 266 valence electrons. The van der Waals surface area contributed by atoms with E-state index in [0.29, 0.717) is 36.5 Å². The first-order chi connectivity index (χ1) is 21.8. The number of carbonyl (C=O) groups is 1. The van der Waals surface area contributed by atoms with Gasteiger partial charge in [0.05, 0.1) is 12.2 Å². The minimum absolute atomic E-state index is 0.0996. The van der Waals surface area contributed by atoms with Gasteiger partial charge >= 0.3 is 12.1 Å². The van der Waals surface area contributed by atoms with E-state index in [1.807, 2.05) is 0 Å². The second kappa shape index (κ2) is 12.9. The van der Waals surface area contributed by atoms with E-state index in [1.54, 1.807) is 6.07 Å². The standard InChI is InChI=1S/C39H59F3O5/c1-23(14-15-24(2)35(3,4)5)27-16-17-28-26-20-33(47-34(45)38(46-8,39(40,41)42)25-12-10-9-11-13-25)30-21-31(43)32(44)22-37(30,7)29(26)18-19-36(27,28)6/h9-13,23-24,26-33,43-44H,14-22H2,1-8H3/t23-,24?,26+,27-,28+,29+,30-,31+,32+,33+,36-,37-,38-/m1/s1. The van der Waals surface area contributed by atoms with Gasteiger partial charge in [0.1, 0.15) is 6.10 Å². The minimum atomic E-state index is -5.06. The third kappa shape index (κ3) is 6.19. The third-order valence-electron chi connectivity index (χ3n) is 14.4. The van der Waals surface area contributed by atoms with Crippen LogP contribution in [0.4, 0.5) is 13.2 Å². The highest BCUT2D eigenvalue weighted by atomic mass is 19.4. The Labute approximate surface area is 280 Å². The first-order valence-corrected chi connectivity index (χ1v) is 18.1. The van der Waals surface area contributed by atoms with Crippen LogP contribution in [0.3, 0.4) is 0 Å². The molecule has 5 rings (SSSR count). The molecule has 0 aliphatic heterocycles. The fraction of sp³-hybridized carbons (Fsp3) is 0.821. The number of fused-ring (bicyclic) bond motifs is 5. The molecule has 13 atom stereocenters. The van der Waals surface area contributed by atoms with Crippen LogP contribution >= 0.6 is 0 Å². The lowest BCUT2D eigenvalue weighted by Gasteiger charge is -2.63. The van der Waals surface area contributed by atoms with Crippen LogP contribution in [0.5, 0.6) is 0 Å². The summed E-state index contributed by atoms with van der Waals surface area (Å²) in [6.45, 7) is 16.3. The Morgan fingerprint density at radius 2 is 1.55 bits per heavy atom. The van der Waals surface area contributed by atoms with Gasteiger partial charge in [0.25, 0.3) is 5.60 Å². The Bertz CT molecular complexity index is 1250. The van der Waals surface area contributed by atoms with E-state index in [4.69, 9.17) is 9.47 Å². The van der Waals surface area contributed by atoms with Crippen molar-refractivity contribution >= 4 is 5.97 Å². The van der Waals surface area contributed by atoms with Crippen molar-refractivity contribution in [2.75, 3.05) is 7.11 Å². The molecule has 0 saturated heterocycles. The van der Waals surface area contributed by atoms with Crippen molar-refractivity contribution in [2.24, 2.45) is 57.7 Å². The van der Waals surface area contributed by atoms with E-state index in [-0.39, 0.29) is 40.6 Å². The fourth-order valence-electron chi connectivity index (χ4n) is 11.2. The molecule has 5 nitrogen and oxygen atoms in total. The van der Waals surface area contributed by atoms with Gasteiger partial charge < -0.3 is 19.7 Å². The summed E-state index contributed by atoms with van der Waals surface area (Å²) in [4.78, 5) is 13.9. The Morgan fingerprint density at radius 1 is 0.915 bits per heavy atom. The molecule has 4 saturated carbocycles. The highest BCUT2D eigenvalue weighted by molar-refractivity contribution is 5.83. The highest BCUT2D eigenvalue weighted by Gasteiger charge is 2.67. The molecule has 4 aliphatic carbocycles. The predicted molar refractivity (Wildman–Crippen MR) is 176 cm³/mol. The predicted octanol–water partition coefficient (Wildman–Crippen LogP) is 8.70. The zero-order valence-electron chi connectivity index (χ0n) is 29.8. The number of aliphatic hydroxyl groups excluding tert-OH is 2. The number of alkyl halides is 3. The highest BCUT2D eigenvalue weighted by Crippen LogP contribution is 2.69. The second-order valence-electron chi connectivity index (χ2n) is 17.5. The summed E-state index contributed by atoms with van der Waals surface area (Å²) in [6.07, 6.45) is -0.212. The normalized spacial score (nSPS) is 39.9. The van der Waals surface area contributed by atoms with Crippen LogP contribution < -0.4 is 0 Å². The number of carbonyl (C=O) groups excluding carboxylic acids is 1. The van der Waals surface area contributed by atoms with E-state index in [9.17, 15) is 28.2 Å². The van der Waals surface area contributed by atoms with Gasteiger partial charge in [-0.25, -0.2) is 4.79 Å². The molecular formula is C39H59F3O5. The summed E-state index contributed by atoms with van der Waals surface area (Å²) in [5, 5.41) is 21.8. The zero-order valence-corrected chi connectivity index (χ0v) is 29.8. The Morgan fingerprint density at radius 3 is 2.15 bits per heavy atom. The average molecular weight is 665 g/mol. The van der Waals surface area contributed by atoms with Crippen LogP contribution in [0.15, 0.2) is 30.3 Å². The SMILES string of the molecule is CO[C@@](C(=O)O[C@H]1C[C@@H]2[C@H](CC[C@]3(C)[C@@H]([C@H](C)CCC(C)C(C)(C)C)CC[C@@H]23)[C@@]2(C)C[C@H](O)[C@@H](O)C[C@H]12)(c1ccccc1)C(F)(F)F. The number of hydrogen-bond donors (Lipinski definition) is 2. The molecule has 2 N–H and O–H groups in total. The lowest BCUT2D eigenvalue weighted by molar-refractivity contribution is -0.283. The Balaban J connectivity index is 1.46. The van der Waals surface area contributed by atoms with Crippen molar-refractivity contribution in [3.8, 4) is 0 Å². The Hall–Kier alpha value is -1.64. The molecule has 47 heavy (non-hydrogen) atoms. The molecule has 0 spiro atoms. The van der Waals surface area contributed by atoms with Crippen LogP contribution in [-0.2, 0) is 19.9 Å². The molecule has 4 aliphatic rings. The van der Waals surface area contributed by atoms with Crippen molar-refractivity contribution in [3.05, 3.63) is 35.9 Å². The van der Waals surface area contributed by atoms with Gasteiger partial charge in [-0.05, 0) is 103 Å². The molecular weight excluding hydrogens is 605 g/mol. The van der Waals surface area contributed by atoms with Gasteiger partial charge in [-0.2, -0.15) is 13.2 Å². The van der Waals surface area contributed by atoms with Gasteiger partial charge in [-0.3, -0.25) is 0 Å². The maximum absolute atomic E-state index is 14.9. The lowest BCUT2D eigenvalue weighted by atomic mass is 9.43. The van der Waals surface area contributed by atoms with E-state index >= 15 is 0 Å². The van der Waals surface area contributed by atoms with E-state index in [2.05, 4.69) is 48.5 Å². The van der Waals surface area contributed by atoms with Gasteiger partial charge in [0.2, 0.25) is 0 Å². The molecule has 1 aromatic rings. The lowest BCUT2D eigenvalue weighted by Crippen LogP contribution is -2.62. The molecule has 0 amide bonds. The number of rotatable bonds is 8. The number of ether oxygens (including phenoxy) is 2. The van der Waals surface area contributed by atoms with Crippen molar-refractivity contribution in [3.63, 3.8) is 0 Å². The average Bonchev–Trinajstić information content (AvgIpc) is 3.34. The van der Waals surface area contributed by atoms with Crippen LogP contribution in [-0.4, -0.2) is 47.8 Å². The number of methoxy groups -OCH3 is 1. The smallest absolute Gasteiger partial charge is 0.432 e. The topological polar surface area (TPSA) is 76.0 Å². The van der Waals surface area contributed by atoms with E-state index < -0.39 is 41.5 Å². The van der Waals surface area contributed by atoms with Crippen molar-refractivity contribution in [1.82, 2.24) is 0 Å². The van der Waals surface area contributed by atoms with Crippen molar-refractivity contribution in [2.45, 2.75) is 136 Å². The van der Waals surface area contributed by atoms with E-state index in [0.717, 1.165) is 32.8 Å². The number of hydrogen-bond acceptors (Lipinski definition) is 5. The molecule has 1 aromatic carbocycles. The number of aliphatic hydroxyl groups is 2. The quantitative estimate of drug-likeness (QED) is 0.272. The van der Waals surface area contributed by atoms with Crippen molar-refractivity contribution in [1.29, 1.82) is 0 Å². The summed E-state index contributed by atoms with van der Waals surface area (Å²) in [7, 11) is 0.901. The first kappa shape index (κ1) is 36.6.